The third-order valence-corrected chi connectivity index (χ3v) is 4.46. The van der Waals surface area contributed by atoms with Gasteiger partial charge in [-0.25, -0.2) is 0 Å². The maximum atomic E-state index is 12.3. The van der Waals surface area contributed by atoms with Crippen LogP contribution in [0, 0.1) is 11.8 Å². The molecule has 2 aliphatic heterocycles. The second-order valence-electron chi connectivity index (χ2n) is 6.51. The largest absolute Gasteiger partial charge is 0.301 e. The first-order valence-electron chi connectivity index (χ1n) is 7.74. The molecule has 2 aliphatic rings. The molecule has 1 aromatic rings. The molecule has 0 bridgehead atoms. The van der Waals surface area contributed by atoms with E-state index in [1.54, 1.807) is 12.1 Å². The first kappa shape index (κ1) is 14.3. The van der Waals surface area contributed by atoms with Gasteiger partial charge in [0.25, 0.3) is 11.8 Å². The maximum absolute atomic E-state index is 12.3. The number of carbonyl (C=O) groups is 2. The van der Waals surface area contributed by atoms with Crippen LogP contribution in [0.15, 0.2) is 24.3 Å². The number of imide groups is 1. The number of likely N-dealkylation sites (tertiary alicyclic amines) is 1. The monoisotopic (exact) mass is 286 g/mol. The third kappa shape index (κ3) is 2.72. The highest BCUT2D eigenvalue weighted by molar-refractivity contribution is 6.21. The first-order valence-corrected chi connectivity index (χ1v) is 7.74. The van der Waals surface area contributed by atoms with E-state index in [1.165, 1.54) is 11.3 Å². The van der Waals surface area contributed by atoms with Gasteiger partial charge in [0.05, 0.1) is 11.1 Å². The van der Waals surface area contributed by atoms with Crippen LogP contribution in [-0.4, -0.2) is 47.8 Å². The first-order chi connectivity index (χ1) is 10.1. The molecule has 1 saturated heterocycles. The fourth-order valence-electron chi connectivity index (χ4n) is 3.66. The van der Waals surface area contributed by atoms with E-state index < -0.39 is 0 Å². The van der Waals surface area contributed by atoms with Gasteiger partial charge in [0, 0.05) is 26.2 Å². The van der Waals surface area contributed by atoms with Crippen molar-refractivity contribution in [2.45, 2.75) is 20.3 Å². The Morgan fingerprint density at radius 2 is 1.48 bits per heavy atom. The summed E-state index contributed by atoms with van der Waals surface area (Å²) in [5.41, 5.74) is 1.09. The lowest BCUT2D eigenvalue weighted by atomic mass is 9.92. The van der Waals surface area contributed by atoms with Crippen LogP contribution in [0.3, 0.4) is 0 Å². The minimum atomic E-state index is -0.145. The van der Waals surface area contributed by atoms with Gasteiger partial charge in [-0.05, 0) is 30.4 Å². The molecular formula is C17H22N2O2. The topological polar surface area (TPSA) is 40.6 Å². The summed E-state index contributed by atoms with van der Waals surface area (Å²) in [6.07, 6.45) is 1.27. The Hall–Kier alpha value is -1.68. The van der Waals surface area contributed by atoms with E-state index in [-0.39, 0.29) is 11.8 Å². The SMILES string of the molecule is CC1CC(C)CN(CCN2C(=O)c3ccccc3C2=O)C1. The van der Waals surface area contributed by atoms with Crippen molar-refractivity contribution < 1.29 is 9.59 Å². The van der Waals surface area contributed by atoms with Gasteiger partial charge < -0.3 is 4.90 Å². The van der Waals surface area contributed by atoms with Crippen molar-refractivity contribution in [2.24, 2.45) is 11.8 Å². The standard InChI is InChI=1S/C17H22N2O2/c1-12-9-13(2)11-18(10-12)7-8-19-16(20)14-5-3-4-6-15(14)17(19)21/h3-6,12-13H,7-11H2,1-2H3. The van der Waals surface area contributed by atoms with Crippen LogP contribution in [0.5, 0.6) is 0 Å². The zero-order valence-corrected chi connectivity index (χ0v) is 12.7. The van der Waals surface area contributed by atoms with Gasteiger partial charge >= 0.3 is 0 Å². The van der Waals surface area contributed by atoms with Gasteiger partial charge in [-0.3, -0.25) is 14.5 Å². The minimum absolute atomic E-state index is 0.145. The molecule has 2 atom stereocenters. The van der Waals surface area contributed by atoms with Crippen molar-refractivity contribution in [1.82, 2.24) is 9.80 Å². The van der Waals surface area contributed by atoms with Crippen molar-refractivity contribution in [3.63, 3.8) is 0 Å². The van der Waals surface area contributed by atoms with E-state index in [0.29, 0.717) is 29.5 Å². The van der Waals surface area contributed by atoms with Gasteiger partial charge in [0.15, 0.2) is 0 Å². The molecule has 0 N–H and O–H groups in total. The molecule has 21 heavy (non-hydrogen) atoms. The second kappa shape index (κ2) is 5.60. The number of carbonyl (C=O) groups excluding carboxylic acids is 2. The molecule has 0 aromatic heterocycles. The lowest BCUT2D eigenvalue weighted by Crippen LogP contribution is -2.44. The highest BCUT2D eigenvalue weighted by atomic mass is 16.2. The van der Waals surface area contributed by atoms with Crippen LogP contribution < -0.4 is 0 Å². The lowest BCUT2D eigenvalue weighted by Gasteiger charge is -2.35. The summed E-state index contributed by atoms with van der Waals surface area (Å²) in [4.78, 5) is 28.4. The summed E-state index contributed by atoms with van der Waals surface area (Å²) in [6, 6.07) is 7.09. The smallest absolute Gasteiger partial charge is 0.261 e. The zero-order valence-electron chi connectivity index (χ0n) is 12.7. The van der Waals surface area contributed by atoms with Crippen molar-refractivity contribution in [1.29, 1.82) is 0 Å². The van der Waals surface area contributed by atoms with Gasteiger partial charge in [0.1, 0.15) is 0 Å². The predicted octanol–water partition coefficient (Wildman–Crippen LogP) is 2.26. The summed E-state index contributed by atoms with van der Waals surface area (Å²) in [6.45, 7) is 7.93. The Labute approximate surface area is 125 Å². The van der Waals surface area contributed by atoms with Crippen LogP contribution >= 0.6 is 0 Å². The van der Waals surface area contributed by atoms with E-state index >= 15 is 0 Å². The molecular weight excluding hydrogens is 264 g/mol. The van der Waals surface area contributed by atoms with E-state index in [0.717, 1.165) is 19.6 Å². The molecule has 1 fully saturated rings. The quantitative estimate of drug-likeness (QED) is 0.800. The van der Waals surface area contributed by atoms with Gasteiger partial charge in [0.2, 0.25) is 0 Å². The fourth-order valence-corrected chi connectivity index (χ4v) is 3.66. The fraction of sp³-hybridized carbons (Fsp3) is 0.529. The van der Waals surface area contributed by atoms with Gasteiger partial charge in [-0.1, -0.05) is 26.0 Å². The maximum Gasteiger partial charge on any atom is 0.261 e. The van der Waals surface area contributed by atoms with Crippen molar-refractivity contribution >= 4 is 11.8 Å². The summed E-state index contributed by atoms with van der Waals surface area (Å²) < 4.78 is 0. The van der Waals surface area contributed by atoms with Gasteiger partial charge in [-0.2, -0.15) is 0 Å². The number of amides is 2. The number of hydrogen-bond donors (Lipinski definition) is 0. The number of piperidine rings is 1. The molecule has 4 heteroatoms. The Morgan fingerprint density at radius 1 is 0.952 bits per heavy atom. The summed E-state index contributed by atoms with van der Waals surface area (Å²) in [7, 11) is 0. The molecule has 0 spiro atoms. The molecule has 0 aliphatic carbocycles. The van der Waals surface area contributed by atoms with Crippen LogP contribution in [-0.2, 0) is 0 Å². The Balaban J connectivity index is 1.64. The Morgan fingerprint density at radius 3 is 2.00 bits per heavy atom. The number of hydrogen-bond acceptors (Lipinski definition) is 3. The molecule has 0 saturated carbocycles. The van der Waals surface area contributed by atoms with Crippen molar-refractivity contribution in [2.75, 3.05) is 26.2 Å². The molecule has 4 nitrogen and oxygen atoms in total. The van der Waals surface area contributed by atoms with Crippen LogP contribution in [0.25, 0.3) is 0 Å². The Kier molecular flexibility index (Phi) is 3.81. The highest BCUT2D eigenvalue weighted by Crippen LogP contribution is 2.24. The number of rotatable bonds is 3. The normalized spacial score (nSPS) is 26.3. The van der Waals surface area contributed by atoms with Crippen molar-refractivity contribution in [3.8, 4) is 0 Å². The molecule has 3 rings (SSSR count). The molecule has 2 amide bonds. The van der Waals surface area contributed by atoms with Crippen LogP contribution in [0.1, 0.15) is 41.0 Å². The van der Waals surface area contributed by atoms with E-state index in [1.807, 2.05) is 12.1 Å². The molecule has 112 valence electrons. The minimum Gasteiger partial charge on any atom is -0.301 e. The van der Waals surface area contributed by atoms with Crippen LogP contribution in [0.4, 0.5) is 0 Å². The molecule has 2 heterocycles. The zero-order chi connectivity index (χ0) is 15.0. The summed E-state index contributed by atoms with van der Waals surface area (Å²) in [5.74, 6) is 1.09. The van der Waals surface area contributed by atoms with Crippen LogP contribution in [0.2, 0.25) is 0 Å². The molecule has 0 radical (unpaired) electrons. The lowest BCUT2D eigenvalue weighted by molar-refractivity contribution is 0.0612. The molecule has 2 unspecified atom stereocenters. The number of fused-ring (bicyclic) bond motifs is 1. The van der Waals surface area contributed by atoms with Crippen molar-refractivity contribution in [3.05, 3.63) is 35.4 Å². The highest BCUT2D eigenvalue weighted by Gasteiger charge is 2.35. The number of benzene rings is 1. The summed E-state index contributed by atoms with van der Waals surface area (Å²) in [5, 5.41) is 0. The van der Waals surface area contributed by atoms with Gasteiger partial charge in [-0.15, -0.1) is 0 Å². The van der Waals surface area contributed by atoms with E-state index in [2.05, 4.69) is 18.7 Å². The molecule has 1 aromatic carbocycles. The second-order valence-corrected chi connectivity index (χ2v) is 6.51. The Bertz CT molecular complexity index is 525. The van der Waals surface area contributed by atoms with E-state index in [4.69, 9.17) is 0 Å². The average molecular weight is 286 g/mol. The summed E-state index contributed by atoms with van der Waals surface area (Å²) >= 11 is 0. The third-order valence-electron chi connectivity index (χ3n) is 4.46. The van der Waals surface area contributed by atoms with E-state index in [9.17, 15) is 9.59 Å². The number of nitrogens with zero attached hydrogens (tertiary/aromatic N) is 2. The predicted molar refractivity (Wildman–Crippen MR) is 81.2 cm³/mol. The average Bonchev–Trinajstić information content (AvgIpc) is 2.69.